The topological polar surface area (TPSA) is 49.9 Å². The second-order valence-electron chi connectivity index (χ2n) is 9.31. The van der Waals surface area contributed by atoms with Gasteiger partial charge >= 0.3 is 0 Å². The van der Waals surface area contributed by atoms with Crippen LogP contribution in [0.3, 0.4) is 0 Å². The normalized spacial score (nSPS) is 23.3. The van der Waals surface area contributed by atoms with Crippen molar-refractivity contribution in [3.05, 3.63) is 51.7 Å². The fourth-order valence-electron chi connectivity index (χ4n) is 4.74. The minimum atomic E-state index is -0.409. The number of rotatable bonds is 3. The van der Waals surface area contributed by atoms with Crippen LogP contribution in [0.1, 0.15) is 73.2 Å². The van der Waals surface area contributed by atoms with Gasteiger partial charge in [0, 0.05) is 42.4 Å². The molecule has 6 heteroatoms. The fourth-order valence-corrected chi connectivity index (χ4v) is 5.64. The predicted molar refractivity (Wildman–Crippen MR) is 124 cm³/mol. The second-order valence-corrected chi connectivity index (χ2v) is 10.3. The van der Waals surface area contributed by atoms with Crippen molar-refractivity contribution in [1.29, 1.82) is 0 Å². The van der Waals surface area contributed by atoms with E-state index in [4.69, 9.17) is 4.74 Å². The molecule has 5 nitrogen and oxygen atoms in total. The van der Waals surface area contributed by atoms with Crippen LogP contribution in [0.2, 0.25) is 0 Å². The highest BCUT2D eigenvalue weighted by Gasteiger charge is 2.43. The molecule has 0 unspecified atom stereocenters. The van der Waals surface area contributed by atoms with Crippen LogP contribution in [0.25, 0.3) is 0 Å². The Kier molecular flexibility index (Phi) is 6.11. The van der Waals surface area contributed by atoms with E-state index < -0.39 is 5.60 Å². The van der Waals surface area contributed by atoms with E-state index in [0.29, 0.717) is 19.0 Å². The molecule has 31 heavy (non-hydrogen) atoms. The number of hydrogen-bond acceptors (Lipinski definition) is 4. The molecule has 2 heterocycles. The molecule has 2 aliphatic rings. The summed E-state index contributed by atoms with van der Waals surface area (Å²) >= 11 is 1.66. The van der Waals surface area contributed by atoms with Crippen molar-refractivity contribution in [3.63, 3.8) is 0 Å². The highest BCUT2D eigenvalue weighted by Crippen LogP contribution is 2.40. The Morgan fingerprint density at radius 2 is 1.94 bits per heavy atom. The van der Waals surface area contributed by atoms with Crippen LogP contribution in [0.15, 0.2) is 35.7 Å². The molecule has 1 aromatic heterocycles. The number of hydrogen-bond donors (Lipinski definition) is 0. The highest BCUT2D eigenvalue weighted by atomic mass is 32.1. The zero-order valence-electron chi connectivity index (χ0n) is 18.9. The quantitative estimate of drug-likeness (QED) is 0.670. The van der Waals surface area contributed by atoms with E-state index in [9.17, 15) is 9.59 Å². The standard InChI is InChI=1S/C25H32N2O3S/c1-17(2)23-13-20(15-31-23)24(29)27-14-19-7-5-6-8-22(19)30-25(16-27)11-9-21(10-12-25)26(4)18(3)28/h5-8,13,15,17,21H,9-12,14,16H2,1-4H3. The van der Waals surface area contributed by atoms with Crippen molar-refractivity contribution in [2.45, 2.75) is 70.6 Å². The molecule has 2 amide bonds. The predicted octanol–water partition coefficient (Wildman–Crippen LogP) is 5.07. The number of fused-ring (bicyclic) bond motifs is 1. The van der Waals surface area contributed by atoms with Crippen LogP contribution in [-0.2, 0) is 11.3 Å². The van der Waals surface area contributed by atoms with Crippen molar-refractivity contribution in [2.24, 2.45) is 0 Å². The van der Waals surface area contributed by atoms with Gasteiger partial charge in [0.2, 0.25) is 5.91 Å². The number of nitrogens with zero attached hydrogens (tertiary/aromatic N) is 2. The maximum absolute atomic E-state index is 13.5. The van der Waals surface area contributed by atoms with Gasteiger partial charge in [0.15, 0.2) is 0 Å². The van der Waals surface area contributed by atoms with Crippen molar-refractivity contribution >= 4 is 23.2 Å². The van der Waals surface area contributed by atoms with Gasteiger partial charge in [-0.25, -0.2) is 0 Å². The van der Waals surface area contributed by atoms with Gasteiger partial charge in [0.05, 0.1) is 12.1 Å². The summed E-state index contributed by atoms with van der Waals surface area (Å²) in [5.41, 5.74) is 1.41. The summed E-state index contributed by atoms with van der Waals surface area (Å²) in [6.45, 7) is 7.06. The number of carbonyl (C=O) groups is 2. The molecule has 1 aliphatic heterocycles. The molecule has 4 rings (SSSR count). The minimum Gasteiger partial charge on any atom is -0.485 e. The minimum absolute atomic E-state index is 0.0748. The zero-order chi connectivity index (χ0) is 22.2. The fraction of sp³-hybridized carbons (Fsp3) is 0.520. The summed E-state index contributed by atoms with van der Waals surface area (Å²) in [7, 11) is 1.88. The van der Waals surface area contributed by atoms with E-state index in [0.717, 1.165) is 42.6 Å². The van der Waals surface area contributed by atoms with Crippen molar-refractivity contribution in [2.75, 3.05) is 13.6 Å². The number of benzene rings is 1. The van der Waals surface area contributed by atoms with Crippen LogP contribution in [-0.4, -0.2) is 46.8 Å². The Morgan fingerprint density at radius 3 is 2.58 bits per heavy atom. The molecule has 1 aliphatic carbocycles. The Hall–Kier alpha value is -2.34. The van der Waals surface area contributed by atoms with Gasteiger partial charge in [0.1, 0.15) is 11.4 Å². The molecule has 1 spiro atoms. The van der Waals surface area contributed by atoms with Crippen molar-refractivity contribution in [1.82, 2.24) is 9.80 Å². The number of carbonyl (C=O) groups excluding carboxylic acids is 2. The molecule has 1 aromatic carbocycles. The third kappa shape index (κ3) is 4.49. The first-order valence-corrected chi connectivity index (χ1v) is 12.0. The maximum atomic E-state index is 13.5. The number of amides is 2. The third-order valence-corrected chi connectivity index (χ3v) is 8.01. The first-order valence-electron chi connectivity index (χ1n) is 11.2. The van der Waals surface area contributed by atoms with E-state index in [1.807, 2.05) is 46.5 Å². The Bertz CT molecular complexity index is 959. The summed E-state index contributed by atoms with van der Waals surface area (Å²) in [6.07, 6.45) is 3.43. The van der Waals surface area contributed by atoms with Crippen LogP contribution in [0.5, 0.6) is 5.75 Å². The molecular formula is C25H32N2O3S. The van der Waals surface area contributed by atoms with Gasteiger partial charge in [-0.2, -0.15) is 0 Å². The van der Waals surface area contributed by atoms with Crippen molar-refractivity contribution < 1.29 is 14.3 Å². The molecule has 0 bridgehead atoms. The summed E-state index contributed by atoms with van der Waals surface area (Å²) in [6, 6.07) is 10.3. The van der Waals surface area contributed by atoms with Crippen LogP contribution in [0, 0.1) is 0 Å². The molecule has 0 radical (unpaired) electrons. The van der Waals surface area contributed by atoms with Gasteiger partial charge in [-0.15, -0.1) is 11.3 Å². The largest absolute Gasteiger partial charge is 0.485 e. The third-order valence-electron chi connectivity index (χ3n) is 6.77. The number of para-hydroxylation sites is 1. The van der Waals surface area contributed by atoms with E-state index >= 15 is 0 Å². The Labute approximate surface area is 189 Å². The molecule has 166 valence electrons. The average molecular weight is 441 g/mol. The Morgan fingerprint density at radius 1 is 1.23 bits per heavy atom. The number of thiophene rings is 1. The number of ether oxygens (including phenoxy) is 1. The molecular weight excluding hydrogens is 408 g/mol. The molecule has 1 saturated carbocycles. The summed E-state index contributed by atoms with van der Waals surface area (Å²) in [4.78, 5) is 30.4. The zero-order valence-corrected chi connectivity index (χ0v) is 19.7. The van der Waals surface area contributed by atoms with Gasteiger partial charge in [-0.1, -0.05) is 32.0 Å². The van der Waals surface area contributed by atoms with E-state index in [1.165, 1.54) is 4.88 Å². The van der Waals surface area contributed by atoms with Gasteiger partial charge in [0.25, 0.3) is 5.91 Å². The smallest absolute Gasteiger partial charge is 0.255 e. The summed E-state index contributed by atoms with van der Waals surface area (Å²) in [5.74, 6) is 1.47. The lowest BCUT2D eigenvalue weighted by Crippen LogP contribution is -2.52. The van der Waals surface area contributed by atoms with Gasteiger partial charge in [-0.3, -0.25) is 9.59 Å². The van der Waals surface area contributed by atoms with E-state index in [-0.39, 0.29) is 17.9 Å². The van der Waals surface area contributed by atoms with Crippen LogP contribution < -0.4 is 4.74 Å². The van der Waals surface area contributed by atoms with Crippen LogP contribution in [0.4, 0.5) is 0 Å². The molecule has 2 aromatic rings. The molecule has 0 atom stereocenters. The lowest BCUT2D eigenvalue weighted by molar-refractivity contribution is -0.131. The second kappa shape index (κ2) is 8.65. The highest BCUT2D eigenvalue weighted by molar-refractivity contribution is 7.10. The van der Waals surface area contributed by atoms with Gasteiger partial charge in [-0.05, 0) is 43.7 Å². The molecule has 1 fully saturated rings. The first-order chi connectivity index (χ1) is 14.8. The van der Waals surface area contributed by atoms with Crippen molar-refractivity contribution in [3.8, 4) is 5.75 Å². The maximum Gasteiger partial charge on any atom is 0.255 e. The van der Waals surface area contributed by atoms with Crippen LogP contribution >= 0.6 is 11.3 Å². The van der Waals surface area contributed by atoms with E-state index in [1.54, 1.807) is 18.3 Å². The van der Waals surface area contributed by atoms with E-state index in [2.05, 4.69) is 19.9 Å². The first kappa shape index (κ1) is 21.9. The average Bonchev–Trinajstić information content (AvgIpc) is 3.19. The lowest BCUT2D eigenvalue weighted by atomic mass is 9.81. The molecule has 0 saturated heterocycles. The van der Waals surface area contributed by atoms with Gasteiger partial charge < -0.3 is 14.5 Å². The SMILES string of the molecule is CC(=O)N(C)C1CCC2(CC1)CN(C(=O)c1csc(C(C)C)c1)Cc1ccccc1O2. The lowest BCUT2D eigenvalue weighted by Gasteiger charge is -2.43. The monoisotopic (exact) mass is 440 g/mol. The summed E-state index contributed by atoms with van der Waals surface area (Å²) in [5, 5.41) is 1.99. The summed E-state index contributed by atoms with van der Waals surface area (Å²) < 4.78 is 6.64. The Balaban J connectivity index is 1.60. The molecule has 0 N–H and O–H groups in total.